The average Bonchev–Trinajstić information content (AvgIpc) is 3.22. The van der Waals surface area contributed by atoms with Crippen molar-refractivity contribution in [3.8, 4) is 11.5 Å². The third-order valence-corrected chi connectivity index (χ3v) is 5.57. The molecule has 0 unspecified atom stereocenters. The number of ketones is 1. The van der Waals surface area contributed by atoms with Crippen LogP contribution in [-0.4, -0.2) is 22.6 Å². The van der Waals surface area contributed by atoms with Gasteiger partial charge in [0.2, 0.25) is 6.79 Å². The summed E-state index contributed by atoms with van der Waals surface area (Å²) in [7, 11) is 0. The standard InChI is InChI=1S/C16H12N2O3S2/c1-8-4-10-11(21-7-20-10)5-9(8)6-12-14(19)13(15(17)23-12)16-18-2-3-22-16/h2-6,13,17H,7H2,1H3/b12-6-,17-15?/t13-/m1/s1. The van der Waals surface area contributed by atoms with E-state index in [9.17, 15) is 4.79 Å². The minimum atomic E-state index is -0.555. The summed E-state index contributed by atoms with van der Waals surface area (Å²) in [6, 6.07) is 3.78. The van der Waals surface area contributed by atoms with Crippen LogP contribution in [0.2, 0.25) is 0 Å². The van der Waals surface area contributed by atoms with Gasteiger partial charge in [-0.15, -0.1) is 11.3 Å². The number of thiazole rings is 1. The minimum Gasteiger partial charge on any atom is -0.454 e. The molecule has 1 saturated heterocycles. The average molecular weight is 344 g/mol. The molecule has 2 aliphatic heterocycles. The smallest absolute Gasteiger partial charge is 0.231 e. The first-order valence-electron chi connectivity index (χ1n) is 6.95. The molecule has 1 fully saturated rings. The van der Waals surface area contributed by atoms with Gasteiger partial charge in [0.25, 0.3) is 0 Å². The van der Waals surface area contributed by atoms with Gasteiger partial charge in [-0.1, -0.05) is 11.8 Å². The fourth-order valence-electron chi connectivity index (χ4n) is 2.55. The molecule has 0 bridgehead atoms. The Morgan fingerprint density at radius 2 is 2.13 bits per heavy atom. The van der Waals surface area contributed by atoms with Crippen molar-refractivity contribution in [1.82, 2.24) is 4.98 Å². The number of rotatable bonds is 2. The van der Waals surface area contributed by atoms with Crippen LogP contribution >= 0.6 is 23.1 Å². The van der Waals surface area contributed by atoms with E-state index in [0.29, 0.717) is 20.7 Å². The molecule has 0 spiro atoms. The first-order chi connectivity index (χ1) is 11.1. The van der Waals surface area contributed by atoms with Crippen molar-refractivity contribution < 1.29 is 14.3 Å². The molecular weight excluding hydrogens is 332 g/mol. The number of ether oxygens (including phenoxy) is 2. The van der Waals surface area contributed by atoms with Crippen LogP contribution in [0.4, 0.5) is 0 Å². The van der Waals surface area contributed by atoms with Crippen LogP contribution < -0.4 is 9.47 Å². The maximum absolute atomic E-state index is 12.6. The predicted molar refractivity (Wildman–Crippen MR) is 90.5 cm³/mol. The van der Waals surface area contributed by atoms with Crippen LogP contribution in [0, 0.1) is 12.3 Å². The number of carbonyl (C=O) groups is 1. The first kappa shape index (κ1) is 14.5. The molecule has 7 heteroatoms. The Balaban J connectivity index is 1.70. The number of allylic oxidation sites excluding steroid dienone is 1. The van der Waals surface area contributed by atoms with E-state index in [1.54, 1.807) is 6.20 Å². The van der Waals surface area contributed by atoms with Gasteiger partial charge < -0.3 is 9.47 Å². The number of aromatic nitrogens is 1. The molecule has 1 aromatic heterocycles. The minimum absolute atomic E-state index is 0.0629. The lowest BCUT2D eigenvalue weighted by Gasteiger charge is -2.04. The van der Waals surface area contributed by atoms with Crippen LogP contribution in [0.1, 0.15) is 22.1 Å². The SMILES string of the molecule is Cc1cc2c(cc1/C=C1\SC(=N)[C@H](c3nccs3)C1=O)OCO2. The monoisotopic (exact) mass is 344 g/mol. The number of aryl methyl sites for hydroxylation is 1. The molecule has 1 atom stereocenters. The fourth-order valence-corrected chi connectivity index (χ4v) is 4.34. The van der Waals surface area contributed by atoms with Crippen LogP contribution in [-0.2, 0) is 4.79 Å². The number of benzene rings is 1. The molecule has 4 rings (SSSR count). The van der Waals surface area contributed by atoms with E-state index in [4.69, 9.17) is 14.9 Å². The van der Waals surface area contributed by atoms with E-state index >= 15 is 0 Å². The highest BCUT2D eigenvalue weighted by molar-refractivity contribution is 8.19. The molecule has 1 aromatic carbocycles. The summed E-state index contributed by atoms with van der Waals surface area (Å²) in [6.07, 6.45) is 3.49. The third-order valence-electron chi connectivity index (χ3n) is 3.73. The van der Waals surface area contributed by atoms with Gasteiger partial charge >= 0.3 is 0 Å². The molecule has 1 N–H and O–H groups in total. The summed E-state index contributed by atoms with van der Waals surface area (Å²) < 4.78 is 10.7. The Bertz CT molecular complexity index is 843. The van der Waals surface area contributed by atoms with Crippen LogP contribution in [0.25, 0.3) is 6.08 Å². The van der Waals surface area contributed by atoms with Crippen molar-refractivity contribution in [2.75, 3.05) is 6.79 Å². The zero-order chi connectivity index (χ0) is 16.0. The highest BCUT2D eigenvalue weighted by Crippen LogP contribution is 2.42. The number of Topliss-reactive ketones (excluding diaryl/α,β-unsaturated/α-hetero) is 1. The third kappa shape index (κ3) is 2.46. The van der Waals surface area contributed by atoms with Crippen molar-refractivity contribution in [1.29, 1.82) is 5.41 Å². The highest BCUT2D eigenvalue weighted by Gasteiger charge is 2.38. The molecule has 0 aliphatic carbocycles. The summed E-state index contributed by atoms with van der Waals surface area (Å²) in [4.78, 5) is 17.4. The van der Waals surface area contributed by atoms with Crippen LogP contribution in [0.15, 0.2) is 28.6 Å². The van der Waals surface area contributed by atoms with Gasteiger partial charge in [-0.3, -0.25) is 10.2 Å². The Kier molecular flexibility index (Phi) is 3.46. The van der Waals surface area contributed by atoms with E-state index in [-0.39, 0.29) is 12.6 Å². The second-order valence-electron chi connectivity index (χ2n) is 5.20. The quantitative estimate of drug-likeness (QED) is 0.843. The Morgan fingerprint density at radius 3 is 2.87 bits per heavy atom. The van der Waals surface area contributed by atoms with E-state index in [1.807, 2.05) is 30.5 Å². The van der Waals surface area contributed by atoms with Gasteiger partial charge in [-0.25, -0.2) is 4.98 Å². The van der Waals surface area contributed by atoms with E-state index < -0.39 is 5.92 Å². The van der Waals surface area contributed by atoms with Crippen molar-refractivity contribution in [3.05, 3.63) is 44.7 Å². The first-order valence-corrected chi connectivity index (χ1v) is 8.65. The lowest BCUT2D eigenvalue weighted by atomic mass is 10.0. The second kappa shape index (κ2) is 5.50. The zero-order valence-corrected chi connectivity index (χ0v) is 13.8. The molecule has 5 nitrogen and oxygen atoms in total. The Morgan fingerprint density at radius 1 is 1.35 bits per heavy atom. The second-order valence-corrected chi connectivity index (χ2v) is 7.21. The zero-order valence-electron chi connectivity index (χ0n) is 12.2. The van der Waals surface area contributed by atoms with E-state index in [0.717, 1.165) is 16.9 Å². The molecule has 2 aliphatic rings. The largest absolute Gasteiger partial charge is 0.454 e. The molecule has 23 heavy (non-hydrogen) atoms. The van der Waals surface area contributed by atoms with Gasteiger partial charge in [0, 0.05) is 11.6 Å². The molecule has 2 aromatic rings. The van der Waals surface area contributed by atoms with Crippen molar-refractivity contribution in [2.24, 2.45) is 0 Å². The number of fused-ring (bicyclic) bond motifs is 1. The number of hydrogen-bond donors (Lipinski definition) is 1. The fraction of sp³-hybridized carbons (Fsp3) is 0.188. The van der Waals surface area contributed by atoms with Crippen LogP contribution in [0.3, 0.4) is 0 Å². The maximum atomic E-state index is 12.6. The van der Waals surface area contributed by atoms with E-state index in [2.05, 4.69) is 4.98 Å². The number of nitrogens with one attached hydrogen (secondary N) is 1. The Labute approximate surface area is 140 Å². The van der Waals surface area contributed by atoms with Gasteiger partial charge in [0.15, 0.2) is 17.3 Å². The van der Waals surface area contributed by atoms with Crippen molar-refractivity contribution >= 4 is 40.0 Å². The van der Waals surface area contributed by atoms with Gasteiger partial charge in [0.1, 0.15) is 10.9 Å². The normalized spacial score (nSPS) is 21.4. The van der Waals surface area contributed by atoms with E-state index in [1.165, 1.54) is 23.1 Å². The molecule has 3 heterocycles. The maximum Gasteiger partial charge on any atom is 0.231 e. The number of thioether (sulfide) groups is 1. The van der Waals surface area contributed by atoms with Gasteiger partial charge in [-0.2, -0.15) is 0 Å². The van der Waals surface area contributed by atoms with Gasteiger partial charge in [0.05, 0.1) is 9.95 Å². The summed E-state index contributed by atoms with van der Waals surface area (Å²) in [5.41, 5.74) is 1.90. The predicted octanol–water partition coefficient (Wildman–Crippen LogP) is 3.60. The molecular formula is C16H12N2O3S2. The number of nitrogens with zero attached hydrogens (tertiary/aromatic N) is 1. The van der Waals surface area contributed by atoms with Crippen molar-refractivity contribution in [2.45, 2.75) is 12.8 Å². The number of carbonyl (C=O) groups excluding carboxylic acids is 1. The Hall–Kier alpha value is -2.12. The summed E-state index contributed by atoms with van der Waals surface area (Å²) in [5, 5.41) is 10.9. The summed E-state index contributed by atoms with van der Waals surface area (Å²) in [5.74, 6) is 0.792. The topological polar surface area (TPSA) is 72.3 Å². The summed E-state index contributed by atoms with van der Waals surface area (Å²) >= 11 is 2.61. The lowest BCUT2D eigenvalue weighted by Crippen LogP contribution is -2.11. The molecule has 0 saturated carbocycles. The van der Waals surface area contributed by atoms with Crippen molar-refractivity contribution in [3.63, 3.8) is 0 Å². The molecule has 116 valence electrons. The highest BCUT2D eigenvalue weighted by atomic mass is 32.2. The van der Waals surface area contributed by atoms with Gasteiger partial charge in [-0.05, 0) is 36.3 Å². The molecule has 0 amide bonds. The lowest BCUT2D eigenvalue weighted by molar-refractivity contribution is -0.114. The number of hydrogen-bond acceptors (Lipinski definition) is 7. The summed E-state index contributed by atoms with van der Waals surface area (Å²) in [6.45, 7) is 2.18. The van der Waals surface area contributed by atoms with Crippen LogP contribution in [0.5, 0.6) is 11.5 Å². The molecule has 0 radical (unpaired) electrons.